The first kappa shape index (κ1) is 18.2. The highest BCUT2D eigenvalue weighted by Gasteiger charge is 2.31. The summed E-state index contributed by atoms with van der Waals surface area (Å²) in [6.07, 6.45) is 1.81. The van der Waals surface area contributed by atoms with Crippen LogP contribution in [0.25, 0.3) is 0 Å². The van der Waals surface area contributed by atoms with Crippen molar-refractivity contribution in [3.63, 3.8) is 0 Å². The first-order valence-electron chi connectivity index (χ1n) is 7.28. The molecule has 23 heavy (non-hydrogen) atoms. The number of thiophene rings is 1. The zero-order valence-electron chi connectivity index (χ0n) is 13.5. The lowest BCUT2D eigenvalue weighted by atomic mass is 9.81. The van der Waals surface area contributed by atoms with E-state index in [-0.39, 0.29) is 20.3 Å². The van der Waals surface area contributed by atoms with E-state index in [1.807, 2.05) is 0 Å². The van der Waals surface area contributed by atoms with E-state index >= 15 is 0 Å². The van der Waals surface area contributed by atoms with E-state index in [0.29, 0.717) is 6.54 Å². The second-order valence-electron chi connectivity index (χ2n) is 5.84. The van der Waals surface area contributed by atoms with Crippen LogP contribution < -0.4 is 14.8 Å². The van der Waals surface area contributed by atoms with E-state index in [2.05, 4.69) is 21.7 Å². The van der Waals surface area contributed by atoms with Crippen molar-refractivity contribution in [2.24, 2.45) is 5.41 Å². The van der Waals surface area contributed by atoms with Crippen LogP contribution in [0, 0.1) is 5.41 Å². The number of sulfonamides is 1. The molecule has 0 aliphatic carbocycles. The number of hydrogen-bond acceptors (Lipinski definition) is 7. The molecule has 0 amide bonds. The third kappa shape index (κ3) is 4.23. The number of ether oxygens (including phenoxy) is 2. The molecule has 2 heterocycles. The lowest BCUT2D eigenvalue weighted by molar-refractivity contribution is 0.0606. The molecule has 7 nitrogen and oxygen atoms in total. The highest BCUT2D eigenvalue weighted by Crippen LogP contribution is 2.34. The van der Waals surface area contributed by atoms with Gasteiger partial charge in [-0.1, -0.05) is 6.92 Å². The van der Waals surface area contributed by atoms with Gasteiger partial charge in [-0.05, 0) is 31.3 Å². The Labute approximate surface area is 140 Å². The third-order valence-corrected chi connectivity index (χ3v) is 7.03. The predicted molar refractivity (Wildman–Crippen MR) is 87.6 cm³/mol. The summed E-state index contributed by atoms with van der Waals surface area (Å²) >= 11 is 0.847. The van der Waals surface area contributed by atoms with Crippen LogP contribution in [0.3, 0.4) is 0 Å². The summed E-state index contributed by atoms with van der Waals surface area (Å²) in [7, 11) is -1.13. The highest BCUT2D eigenvalue weighted by molar-refractivity contribution is 7.91. The molecular formula is C14H22N2O5S2. The van der Waals surface area contributed by atoms with Gasteiger partial charge in [0.05, 0.1) is 14.2 Å². The fourth-order valence-electron chi connectivity index (χ4n) is 2.43. The number of carbonyl (C=O) groups excluding carboxylic acids is 1. The normalized spacial score (nSPS) is 17.7. The lowest BCUT2D eigenvalue weighted by Gasteiger charge is -2.33. The molecule has 9 heteroatoms. The SMILES string of the molecule is COC(=O)c1cc(OC)c(S(=O)(=O)NCC2(C)CCNCC2)s1. The van der Waals surface area contributed by atoms with Crippen molar-refractivity contribution >= 4 is 27.3 Å². The van der Waals surface area contributed by atoms with Gasteiger partial charge in [0.25, 0.3) is 10.0 Å². The molecule has 1 aliphatic rings. The monoisotopic (exact) mass is 362 g/mol. The molecular weight excluding hydrogens is 340 g/mol. The molecule has 1 aromatic heterocycles. The summed E-state index contributed by atoms with van der Waals surface area (Å²) in [5, 5.41) is 3.26. The van der Waals surface area contributed by atoms with Crippen molar-refractivity contribution in [1.29, 1.82) is 0 Å². The second kappa shape index (κ2) is 7.16. The summed E-state index contributed by atoms with van der Waals surface area (Å²) in [5.41, 5.74) is -0.0754. The zero-order chi connectivity index (χ0) is 17.1. The summed E-state index contributed by atoms with van der Waals surface area (Å²) in [6, 6.07) is 1.39. The van der Waals surface area contributed by atoms with Crippen LogP contribution in [-0.2, 0) is 14.8 Å². The first-order valence-corrected chi connectivity index (χ1v) is 9.58. The number of rotatable bonds is 6. The van der Waals surface area contributed by atoms with Crippen molar-refractivity contribution in [1.82, 2.24) is 10.0 Å². The van der Waals surface area contributed by atoms with Crippen molar-refractivity contribution < 1.29 is 22.7 Å². The van der Waals surface area contributed by atoms with E-state index in [1.165, 1.54) is 20.3 Å². The molecule has 0 spiro atoms. The molecule has 1 fully saturated rings. The number of esters is 1. The van der Waals surface area contributed by atoms with Gasteiger partial charge in [0.1, 0.15) is 4.88 Å². The number of piperidine rings is 1. The largest absolute Gasteiger partial charge is 0.494 e. The Bertz CT molecular complexity index is 663. The molecule has 0 atom stereocenters. The van der Waals surface area contributed by atoms with Crippen LogP contribution in [0.5, 0.6) is 5.75 Å². The summed E-state index contributed by atoms with van der Waals surface area (Å²) in [6.45, 7) is 4.19. The van der Waals surface area contributed by atoms with Gasteiger partial charge in [0.2, 0.25) is 0 Å². The Hall–Kier alpha value is -1.16. The maximum Gasteiger partial charge on any atom is 0.348 e. The number of nitrogens with one attached hydrogen (secondary N) is 2. The molecule has 0 saturated carbocycles. The van der Waals surface area contributed by atoms with Crippen LogP contribution >= 0.6 is 11.3 Å². The minimum atomic E-state index is -3.75. The molecule has 130 valence electrons. The van der Waals surface area contributed by atoms with E-state index in [9.17, 15) is 13.2 Å². The molecule has 0 radical (unpaired) electrons. The maximum absolute atomic E-state index is 12.6. The Morgan fingerprint density at radius 2 is 2.04 bits per heavy atom. The standard InChI is InChI=1S/C14H22N2O5S2/c1-14(4-6-15-7-5-14)9-16-23(18,19)13-10(20-2)8-11(22-13)12(17)21-3/h8,15-16H,4-7,9H2,1-3H3. The zero-order valence-corrected chi connectivity index (χ0v) is 15.1. The summed E-state index contributed by atoms with van der Waals surface area (Å²) in [5.74, 6) is -0.432. The lowest BCUT2D eigenvalue weighted by Crippen LogP contribution is -2.42. The smallest absolute Gasteiger partial charge is 0.348 e. The molecule has 0 aromatic carbocycles. The minimum absolute atomic E-state index is 0.00191. The van der Waals surface area contributed by atoms with Crippen molar-refractivity contribution in [3.8, 4) is 5.75 Å². The highest BCUT2D eigenvalue weighted by atomic mass is 32.2. The second-order valence-corrected chi connectivity index (χ2v) is 8.86. The minimum Gasteiger partial charge on any atom is -0.494 e. The average molecular weight is 362 g/mol. The average Bonchev–Trinajstić information content (AvgIpc) is 2.98. The van der Waals surface area contributed by atoms with E-state index in [4.69, 9.17) is 4.74 Å². The predicted octanol–water partition coefficient (Wildman–Crippen LogP) is 1.21. The molecule has 1 aliphatic heterocycles. The summed E-state index contributed by atoms with van der Waals surface area (Å²) in [4.78, 5) is 11.8. The van der Waals surface area contributed by atoms with Gasteiger partial charge >= 0.3 is 5.97 Å². The summed E-state index contributed by atoms with van der Waals surface area (Å²) < 4.78 is 37.5. The fourth-order valence-corrected chi connectivity index (χ4v) is 5.17. The van der Waals surface area contributed by atoms with Crippen molar-refractivity contribution in [2.75, 3.05) is 33.9 Å². The van der Waals surface area contributed by atoms with Crippen LogP contribution in [0.1, 0.15) is 29.4 Å². The topological polar surface area (TPSA) is 93.7 Å². The maximum atomic E-state index is 12.6. The number of hydrogen-bond donors (Lipinski definition) is 2. The van der Waals surface area contributed by atoms with Crippen molar-refractivity contribution in [2.45, 2.75) is 24.0 Å². The molecule has 2 N–H and O–H groups in total. The van der Waals surface area contributed by atoms with E-state index in [0.717, 1.165) is 37.3 Å². The quantitative estimate of drug-likeness (QED) is 0.739. The van der Waals surface area contributed by atoms with Crippen LogP contribution in [0.4, 0.5) is 0 Å². The first-order chi connectivity index (χ1) is 10.8. The van der Waals surface area contributed by atoms with Gasteiger partial charge in [-0.25, -0.2) is 17.9 Å². The van der Waals surface area contributed by atoms with Gasteiger partial charge in [-0.3, -0.25) is 0 Å². The van der Waals surface area contributed by atoms with Gasteiger partial charge in [0, 0.05) is 12.6 Å². The Morgan fingerprint density at radius 3 is 2.61 bits per heavy atom. The van der Waals surface area contributed by atoms with Gasteiger partial charge in [-0.2, -0.15) is 0 Å². The van der Waals surface area contributed by atoms with Crippen LogP contribution in [-0.4, -0.2) is 48.2 Å². The molecule has 0 unspecified atom stereocenters. The Balaban J connectivity index is 2.18. The molecule has 0 bridgehead atoms. The van der Waals surface area contributed by atoms with Crippen LogP contribution in [0.15, 0.2) is 10.3 Å². The van der Waals surface area contributed by atoms with Crippen LogP contribution in [0.2, 0.25) is 0 Å². The number of methoxy groups -OCH3 is 2. The van der Waals surface area contributed by atoms with Crippen molar-refractivity contribution in [3.05, 3.63) is 10.9 Å². The fraction of sp³-hybridized carbons (Fsp3) is 0.643. The Kier molecular flexibility index (Phi) is 5.66. The number of carbonyl (C=O) groups is 1. The molecule has 1 saturated heterocycles. The molecule has 2 rings (SSSR count). The van der Waals surface area contributed by atoms with E-state index in [1.54, 1.807) is 0 Å². The van der Waals surface area contributed by atoms with Gasteiger partial charge in [0.15, 0.2) is 9.96 Å². The van der Waals surface area contributed by atoms with E-state index < -0.39 is 16.0 Å². The molecule has 1 aromatic rings. The van der Waals surface area contributed by atoms with Gasteiger partial charge in [-0.15, -0.1) is 11.3 Å². The third-order valence-electron chi connectivity index (χ3n) is 4.02. The van der Waals surface area contributed by atoms with Gasteiger partial charge < -0.3 is 14.8 Å². The Morgan fingerprint density at radius 1 is 1.39 bits per heavy atom.